The van der Waals surface area contributed by atoms with Gasteiger partial charge < -0.3 is 15.7 Å². The first kappa shape index (κ1) is 15.5. The number of nitrogens with one attached hydrogen (secondary N) is 2. The number of carbonyl (C=O) groups is 1. The fraction of sp³-hybridized carbons (Fsp3) is 0.333. The number of hydrogen-bond acceptors (Lipinski definition) is 4. The van der Waals surface area contributed by atoms with Crippen LogP contribution in [0.25, 0.3) is 0 Å². The third-order valence-corrected chi connectivity index (χ3v) is 4.18. The summed E-state index contributed by atoms with van der Waals surface area (Å²) in [4.78, 5) is 17.3. The Hall–Kier alpha value is -1.92. The first-order valence-corrected chi connectivity index (χ1v) is 7.68. The molecular weight excluding hydrogens is 286 g/mol. The molecule has 0 bridgehead atoms. The van der Waals surface area contributed by atoms with Crippen molar-refractivity contribution >= 4 is 17.4 Å². The minimum atomic E-state index is -0.409. The van der Waals surface area contributed by atoms with Gasteiger partial charge >= 0.3 is 6.03 Å². The molecule has 2 rings (SSSR count). The first-order valence-electron chi connectivity index (χ1n) is 6.86. The monoisotopic (exact) mass is 305 g/mol. The lowest BCUT2D eigenvalue weighted by molar-refractivity contribution is 0.216. The van der Waals surface area contributed by atoms with E-state index in [2.05, 4.69) is 22.5 Å². The number of carbonyl (C=O) groups excluding carboxylic acids is 1. The van der Waals surface area contributed by atoms with Crippen LogP contribution in [0.1, 0.15) is 28.4 Å². The van der Waals surface area contributed by atoms with Crippen LogP contribution in [0.4, 0.5) is 4.79 Å². The summed E-state index contributed by atoms with van der Waals surface area (Å²) in [5.41, 5.74) is 0.873. The van der Waals surface area contributed by atoms with Gasteiger partial charge in [0.2, 0.25) is 0 Å². The zero-order valence-electron chi connectivity index (χ0n) is 11.9. The summed E-state index contributed by atoms with van der Waals surface area (Å²) < 4.78 is 0. The number of aliphatic hydroxyl groups excluding tert-OH is 1. The van der Waals surface area contributed by atoms with E-state index in [4.69, 9.17) is 0 Å². The molecule has 2 aromatic rings. The lowest BCUT2D eigenvalue weighted by Crippen LogP contribution is -2.38. The maximum Gasteiger partial charge on any atom is 0.315 e. The molecule has 0 aliphatic carbocycles. The summed E-state index contributed by atoms with van der Waals surface area (Å²) in [5, 5.41) is 15.8. The number of hydrogen-bond donors (Lipinski definition) is 3. The molecule has 112 valence electrons. The standard InChI is InChI=1S/C15H19N3O2S/c1-2-12-8-16-14(21-12)9-17-15(20)18-13(10-19)11-6-4-3-5-7-11/h3-8,13,19H,2,9-10H2,1H3,(H2,17,18,20)/t13-/m1/s1. The highest BCUT2D eigenvalue weighted by atomic mass is 32.1. The van der Waals surface area contributed by atoms with Gasteiger partial charge in [0.05, 0.1) is 19.2 Å². The number of benzene rings is 1. The van der Waals surface area contributed by atoms with Gasteiger partial charge in [0.1, 0.15) is 5.01 Å². The number of rotatable bonds is 6. The average Bonchev–Trinajstić information content (AvgIpc) is 2.99. The van der Waals surface area contributed by atoms with Crippen molar-refractivity contribution in [1.82, 2.24) is 15.6 Å². The number of urea groups is 1. The predicted molar refractivity (Wildman–Crippen MR) is 83.1 cm³/mol. The van der Waals surface area contributed by atoms with Crippen LogP contribution >= 0.6 is 11.3 Å². The molecule has 0 fully saturated rings. The van der Waals surface area contributed by atoms with E-state index in [0.717, 1.165) is 17.0 Å². The van der Waals surface area contributed by atoms with Crippen molar-refractivity contribution in [2.75, 3.05) is 6.61 Å². The maximum atomic E-state index is 11.9. The SMILES string of the molecule is CCc1cnc(CNC(=O)N[C@H](CO)c2ccccc2)s1. The molecule has 1 aromatic carbocycles. The number of aromatic nitrogens is 1. The molecule has 1 heterocycles. The molecule has 0 aliphatic rings. The molecule has 2 amide bonds. The van der Waals surface area contributed by atoms with Crippen molar-refractivity contribution in [3.8, 4) is 0 Å². The van der Waals surface area contributed by atoms with Crippen molar-refractivity contribution in [1.29, 1.82) is 0 Å². The van der Waals surface area contributed by atoms with Crippen molar-refractivity contribution < 1.29 is 9.90 Å². The van der Waals surface area contributed by atoms with E-state index in [0.29, 0.717) is 6.54 Å². The summed E-state index contributed by atoms with van der Waals surface area (Å²) in [6, 6.07) is 8.66. The second kappa shape index (κ2) is 7.75. The summed E-state index contributed by atoms with van der Waals surface area (Å²) in [7, 11) is 0. The Bertz CT molecular complexity index is 571. The highest BCUT2D eigenvalue weighted by molar-refractivity contribution is 7.11. The van der Waals surface area contributed by atoms with Crippen LogP contribution in [-0.2, 0) is 13.0 Å². The lowest BCUT2D eigenvalue weighted by atomic mass is 10.1. The Balaban J connectivity index is 1.85. The van der Waals surface area contributed by atoms with Crippen LogP contribution in [0.2, 0.25) is 0 Å². The van der Waals surface area contributed by atoms with E-state index in [1.807, 2.05) is 36.5 Å². The van der Waals surface area contributed by atoms with Crippen LogP contribution in [0.5, 0.6) is 0 Å². The summed E-state index contributed by atoms with van der Waals surface area (Å²) >= 11 is 1.59. The molecule has 0 saturated carbocycles. The van der Waals surface area contributed by atoms with Crippen molar-refractivity contribution in [2.24, 2.45) is 0 Å². The largest absolute Gasteiger partial charge is 0.394 e. The maximum absolute atomic E-state index is 11.9. The Morgan fingerprint density at radius 2 is 2.14 bits per heavy atom. The Labute approximate surface area is 128 Å². The predicted octanol–water partition coefficient (Wildman–Crippen LogP) is 2.24. The minimum absolute atomic E-state index is 0.144. The molecule has 0 spiro atoms. The number of aryl methyl sites for hydroxylation is 1. The molecule has 21 heavy (non-hydrogen) atoms. The van der Waals surface area contributed by atoms with Crippen LogP contribution < -0.4 is 10.6 Å². The van der Waals surface area contributed by atoms with Crippen molar-refractivity contribution in [3.05, 3.63) is 52.0 Å². The van der Waals surface area contributed by atoms with Crippen LogP contribution in [0.3, 0.4) is 0 Å². The van der Waals surface area contributed by atoms with E-state index >= 15 is 0 Å². The molecule has 0 radical (unpaired) electrons. The molecule has 3 N–H and O–H groups in total. The number of aliphatic hydroxyl groups is 1. The third kappa shape index (κ3) is 4.54. The molecule has 6 heteroatoms. The molecule has 5 nitrogen and oxygen atoms in total. The second-order valence-corrected chi connectivity index (χ2v) is 5.75. The fourth-order valence-electron chi connectivity index (χ4n) is 1.88. The zero-order valence-corrected chi connectivity index (χ0v) is 12.7. The topological polar surface area (TPSA) is 74.2 Å². The molecule has 1 aromatic heterocycles. The average molecular weight is 305 g/mol. The summed E-state index contributed by atoms with van der Waals surface area (Å²) in [6.07, 6.45) is 2.78. The second-order valence-electron chi connectivity index (χ2n) is 4.55. The Kier molecular flexibility index (Phi) is 5.71. The number of nitrogens with zero attached hydrogens (tertiary/aromatic N) is 1. The van der Waals surface area contributed by atoms with E-state index in [-0.39, 0.29) is 12.6 Å². The molecule has 0 aliphatic heterocycles. The van der Waals surface area contributed by atoms with Gasteiger partial charge in [-0.2, -0.15) is 0 Å². The molecule has 1 atom stereocenters. The molecule has 0 unspecified atom stereocenters. The normalized spacial score (nSPS) is 11.9. The first-order chi connectivity index (χ1) is 10.2. The van der Waals surface area contributed by atoms with E-state index in [1.165, 1.54) is 4.88 Å². The number of thiazole rings is 1. The highest BCUT2D eigenvalue weighted by Gasteiger charge is 2.13. The Morgan fingerprint density at radius 1 is 1.38 bits per heavy atom. The smallest absolute Gasteiger partial charge is 0.315 e. The van der Waals surface area contributed by atoms with Gasteiger partial charge in [-0.3, -0.25) is 0 Å². The highest BCUT2D eigenvalue weighted by Crippen LogP contribution is 2.13. The molecular formula is C15H19N3O2S. The van der Waals surface area contributed by atoms with Crippen LogP contribution in [0, 0.1) is 0 Å². The Morgan fingerprint density at radius 3 is 2.76 bits per heavy atom. The van der Waals surface area contributed by atoms with Gasteiger partial charge in [0.25, 0.3) is 0 Å². The van der Waals surface area contributed by atoms with Gasteiger partial charge in [-0.1, -0.05) is 37.3 Å². The van der Waals surface area contributed by atoms with E-state index in [9.17, 15) is 9.90 Å². The van der Waals surface area contributed by atoms with Gasteiger partial charge in [-0.15, -0.1) is 11.3 Å². The minimum Gasteiger partial charge on any atom is -0.394 e. The lowest BCUT2D eigenvalue weighted by Gasteiger charge is -2.16. The van der Waals surface area contributed by atoms with Gasteiger partial charge in [0, 0.05) is 11.1 Å². The van der Waals surface area contributed by atoms with Gasteiger partial charge in [0.15, 0.2) is 0 Å². The van der Waals surface area contributed by atoms with E-state index < -0.39 is 6.04 Å². The molecule has 0 saturated heterocycles. The zero-order chi connectivity index (χ0) is 15.1. The van der Waals surface area contributed by atoms with Crippen LogP contribution in [-0.4, -0.2) is 22.7 Å². The third-order valence-electron chi connectivity index (χ3n) is 3.04. The van der Waals surface area contributed by atoms with Crippen molar-refractivity contribution in [2.45, 2.75) is 25.9 Å². The van der Waals surface area contributed by atoms with Crippen molar-refractivity contribution in [3.63, 3.8) is 0 Å². The fourth-order valence-corrected chi connectivity index (χ4v) is 2.68. The van der Waals surface area contributed by atoms with Crippen LogP contribution in [0.15, 0.2) is 36.5 Å². The summed E-state index contributed by atoms with van der Waals surface area (Å²) in [6.45, 7) is 2.32. The number of amides is 2. The quantitative estimate of drug-likeness (QED) is 0.766. The van der Waals surface area contributed by atoms with Gasteiger partial charge in [-0.25, -0.2) is 9.78 Å². The summed E-state index contributed by atoms with van der Waals surface area (Å²) in [5.74, 6) is 0. The van der Waals surface area contributed by atoms with E-state index in [1.54, 1.807) is 11.3 Å². The van der Waals surface area contributed by atoms with Gasteiger partial charge in [-0.05, 0) is 12.0 Å².